The summed E-state index contributed by atoms with van der Waals surface area (Å²) in [5.41, 5.74) is 5.06. The van der Waals surface area contributed by atoms with Crippen LogP contribution < -0.4 is 10.1 Å². The van der Waals surface area contributed by atoms with Crippen LogP contribution >= 0.6 is 0 Å². The summed E-state index contributed by atoms with van der Waals surface area (Å²) in [6.07, 6.45) is 8.75. The van der Waals surface area contributed by atoms with E-state index in [-0.39, 0.29) is 12.3 Å². The number of aliphatic carboxylic acids is 1. The molecule has 0 saturated heterocycles. The summed E-state index contributed by atoms with van der Waals surface area (Å²) in [6, 6.07) is 20.2. The largest absolute Gasteiger partial charge is 0.481 e. The summed E-state index contributed by atoms with van der Waals surface area (Å²) in [5.74, 6) is -0.632. The zero-order valence-electron chi connectivity index (χ0n) is 24.2. The second-order valence-corrected chi connectivity index (χ2v) is 10.3. The molecule has 0 radical (unpaired) electrons. The summed E-state index contributed by atoms with van der Waals surface area (Å²) < 4.78 is 5.93. The topological polar surface area (TPSA) is 88.5 Å². The molecule has 2 N–H and O–H groups in total. The zero-order valence-corrected chi connectivity index (χ0v) is 24.2. The summed E-state index contributed by atoms with van der Waals surface area (Å²) in [5, 5.41) is 12.5. The Morgan fingerprint density at radius 3 is 2.35 bits per heavy atom. The molecule has 1 amide bonds. The van der Waals surface area contributed by atoms with E-state index < -0.39 is 11.4 Å². The Morgan fingerprint density at radius 2 is 1.68 bits per heavy atom. The van der Waals surface area contributed by atoms with Gasteiger partial charge in [0.15, 0.2) is 0 Å². The van der Waals surface area contributed by atoms with E-state index in [0.29, 0.717) is 31.0 Å². The van der Waals surface area contributed by atoms with Crippen molar-refractivity contribution in [1.82, 2.24) is 4.98 Å². The number of carbonyl (C=O) groups excluding carboxylic acids is 1. The summed E-state index contributed by atoms with van der Waals surface area (Å²) in [6.45, 7) is 8.41. The van der Waals surface area contributed by atoms with E-state index in [9.17, 15) is 14.7 Å². The molecule has 0 saturated carbocycles. The Hall–Kier alpha value is -3.93. The van der Waals surface area contributed by atoms with Crippen molar-refractivity contribution in [3.8, 4) is 5.88 Å². The van der Waals surface area contributed by atoms with E-state index in [2.05, 4.69) is 41.5 Å². The smallest absolute Gasteiger partial charge is 0.310 e. The number of pyridine rings is 1. The van der Waals surface area contributed by atoms with Gasteiger partial charge in [-0.1, -0.05) is 69.3 Å². The first-order valence-corrected chi connectivity index (χ1v) is 14.3. The van der Waals surface area contributed by atoms with Gasteiger partial charge in [-0.2, -0.15) is 0 Å². The highest BCUT2D eigenvalue weighted by Crippen LogP contribution is 2.31. The van der Waals surface area contributed by atoms with Gasteiger partial charge in [0.25, 0.3) is 0 Å². The number of aromatic nitrogens is 1. The fourth-order valence-electron chi connectivity index (χ4n) is 4.61. The maximum absolute atomic E-state index is 12.6. The lowest BCUT2D eigenvalue weighted by Crippen LogP contribution is -2.34. The number of carboxylic acids is 1. The maximum Gasteiger partial charge on any atom is 0.310 e. The fraction of sp³-hybridized carbons (Fsp3) is 0.382. The Morgan fingerprint density at radius 1 is 0.950 bits per heavy atom. The number of ether oxygens (including phenoxy) is 1. The Labute approximate surface area is 238 Å². The standard InChI is InChI=1S/C34H42N2O4/c1-5-26-15-17-27(18-16-26)11-8-9-22-40-32-21-14-25(4)30(36-32)20-19-28-12-10-13-29(23-28)35-31(37)24-34(6-2,7-3)33(38)39/h10,12-21,23H,5-9,11,22,24H2,1-4H3,(H,35,37)(H,38,39). The number of carbonyl (C=O) groups is 2. The van der Waals surface area contributed by atoms with Gasteiger partial charge in [0, 0.05) is 18.2 Å². The third-order valence-electron chi connectivity index (χ3n) is 7.56. The van der Waals surface area contributed by atoms with Crippen LogP contribution in [-0.2, 0) is 22.4 Å². The van der Waals surface area contributed by atoms with E-state index in [1.165, 1.54) is 11.1 Å². The van der Waals surface area contributed by atoms with Crippen LogP contribution in [-0.4, -0.2) is 28.6 Å². The molecule has 6 nitrogen and oxygen atoms in total. The molecular formula is C34H42N2O4. The van der Waals surface area contributed by atoms with E-state index in [0.717, 1.165) is 42.5 Å². The summed E-state index contributed by atoms with van der Waals surface area (Å²) in [7, 11) is 0. The van der Waals surface area contributed by atoms with E-state index in [4.69, 9.17) is 4.74 Å². The number of anilines is 1. The van der Waals surface area contributed by atoms with Gasteiger partial charge in [0.05, 0.1) is 17.7 Å². The van der Waals surface area contributed by atoms with Gasteiger partial charge in [-0.3, -0.25) is 9.59 Å². The highest BCUT2D eigenvalue weighted by Gasteiger charge is 2.37. The van der Waals surface area contributed by atoms with Crippen molar-refractivity contribution in [3.05, 3.63) is 88.6 Å². The Balaban J connectivity index is 1.54. The zero-order chi connectivity index (χ0) is 29.0. The second-order valence-electron chi connectivity index (χ2n) is 10.3. The van der Waals surface area contributed by atoms with Crippen molar-refractivity contribution in [2.75, 3.05) is 11.9 Å². The lowest BCUT2D eigenvalue weighted by molar-refractivity contribution is -0.151. The highest BCUT2D eigenvalue weighted by atomic mass is 16.5. The normalized spacial score (nSPS) is 11.5. The minimum atomic E-state index is -1.04. The van der Waals surface area contributed by atoms with Gasteiger partial charge < -0.3 is 15.2 Å². The van der Waals surface area contributed by atoms with Crippen molar-refractivity contribution < 1.29 is 19.4 Å². The molecule has 0 aliphatic heterocycles. The molecule has 0 spiro atoms. The van der Waals surface area contributed by atoms with Crippen LogP contribution in [0.5, 0.6) is 5.88 Å². The van der Waals surface area contributed by atoms with E-state index >= 15 is 0 Å². The van der Waals surface area contributed by atoms with Crippen molar-refractivity contribution in [2.45, 2.75) is 72.6 Å². The van der Waals surface area contributed by atoms with Gasteiger partial charge in [0.1, 0.15) is 0 Å². The molecule has 1 aromatic heterocycles. The van der Waals surface area contributed by atoms with Gasteiger partial charge in [-0.15, -0.1) is 0 Å². The molecule has 6 heteroatoms. The van der Waals surface area contributed by atoms with Crippen molar-refractivity contribution in [1.29, 1.82) is 0 Å². The molecule has 1 heterocycles. The minimum Gasteiger partial charge on any atom is -0.481 e. The number of nitrogens with zero attached hydrogens (tertiary/aromatic N) is 1. The number of hydrogen-bond acceptors (Lipinski definition) is 4. The van der Waals surface area contributed by atoms with E-state index in [1.807, 2.05) is 49.4 Å². The quantitative estimate of drug-likeness (QED) is 0.192. The second kappa shape index (κ2) is 15.0. The third-order valence-corrected chi connectivity index (χ3v) is 7.56. The number of benzene rings is 2. The minimum absolute atomic E-state index is 0.0582. The van der Waals surface area contributed by atoms with Crippen LogP contribution in [0, 0.1) is 12.3 Å². The first-order chi connectivity index (χ1) is 19.3. The molecule has 40 heavy (non-hydrogen) atoms. The molecular weight excluding hydrogens is 500 g/mol. The number of rotatable bonds is 15. The Bertz CT molecular complexity index is 1290. The van der Waals surface area contributed by atoms with Crippen LogP contribution in [0.3, 0.4) is 0 Å². The highest BCUT2D eigenvalue weighted by molar-refractivity contribution is 5.94. The van der Waals surface area contributed by atoms with Gasteiger partial charge in [0.2, 0.25) is 11.8 Å². The molecule has 3 aromatic rings. The maximum atomic E-state index is 12.6. The molecule has 0 bridgehead atoms. The molecule has 0 aliphatic carbocycles. The predicted octanol–water partition coefficient (Wildman–Crippen LogP) is 7.74. The van der Waals surface area contributed by atoms with E-state index in [1.54, 1.807) is 19.9 Å². The summed E-state index contributed by atoms with van der Waals surface area (Å²) in [4.78, 5) is 29.1. The van der Waals surface area contributed by atoms with Crippen molar-refractivity contribution in [2.24, 2.45) is 5.41 Å². The lowest BCUT2D eigenvalue weighted by atomic mass is 9.79. The average molecular weight is 543 g/mol. The molecule has 0 fully saturated rings. The molecule has 0 atom stereocenters. The summed E-state index contributed by atoms with van der Waals surface area (Å²) >= 11 is 0. The molecule has 212 valence electrons. The molecule has 2 aromatic carbocycles. The monoisotopic (exact) mass is 542 g/mol. The lowest BCUT2D eigenvalue weighted by Gasteiger charge is -2.25. The van der Waals surface area contributed by atoms with Crippen LogP contribution in [0.2, 0.25) is 0 Å². The van der Waals surface area contributed by atoms with Crippen LogP contribution in [0.1, 0.15) is 80.8 Å². The first kappa shape index (κ1) is 30.6. The molecule has 3 rings (SSSR count). The number of nitrogens with one attached hydrogen (secondary N) is 1. The molecule has 0 unspecified atom stereocenters. The van der Waals surface area contributed by atoms with Gasteiger partial charge in [-0.05, 0) is 85.9 Å². The van der Waals surface area contributed by atoms with Crippen LogP contribution in [0.25, 0.3) is 12.2 Å². The SMILES string of the molecule is CCc1ccc(CCCCOc2ccc(C)c(C=Cc3cccc(NC(=O)CC(CC)(CC)C(=O)O)c3)n2)cc1. The fourth-order valence-corrected chi connectivity index (χ4v) is 4.61. The molecule has 0 aliphatic rings. The van der Waals surface area contributed by atoms with Crippen molar-refractivity contribution in [3.63, 3.8) is 0 Å². The van der Waals surface area contributed by atoms with Crippen molar-refractivity contribution >= 4 is 29.7 Å². The van der Waals surface area contributed by atoms with Crippen LogP contribution in [0.15, 0.2) is 60.7 Å². The Kier molecular flexibility index (Phi) is 11.5. The predicted molar refractivity (Wildman–Crippen MR) is 162 cm³/mol. The average Bonchev–Trinajstić information content (AvgIpc) is 2.96. The number of aryl methyl sites for hydroxylation is 3. The first-order valence-electron chi connectivity index (χ1n) is 14.3. The van der Waals surface area contributed by atoms with Gasteiger partial charge in [-0.25, -0.2) is 4.98 Å². The number of amides is 1. The number of unbranched alkanes of at least 4 members (excludes halogenated alkanes) is 1. The third kappa shape index (κ3) is 8.80. The van der Waals surface area contributed by atoms with Gasteiger partial charge >= 0.3 is 5.97 Å². The number of carboxylic acid groups (broad SMARTS) is 1. The number of hydrogen-bond donors (Lipinski definition) is 2. The van der Waals surface area contributed by atoms with Crippen LogP contribution in [0.4, 0.5) is 5.69 Å².